The molecule has 0 spiro atoms. The van der Waals surface area contributed by atoms with Crippen molar-refractivity contribution in [2.75, 3.05) is 63.2 Å². The number of carbonyl (C=O) groups is 6. The van der Waals surface area contributed by atoms with Gasteiger partial charge in [-0.25, -0.2) is 0 Å². The zero-order valence-electron chi connectivity index (χ0n) is 30.8. The molecule has 0 aromatic heterocycles. The maximum atomic E-state index is 13.9. The summed E-state index contributed by atoms with van der Waals surface area (Å²) >= 11 is 10.6. The Kier molecular flexibility index (Phi) is 23.1. The molecule has 328 valence electrons. The van der Waals surface area contributed by atoms with E-state index < -0.39 is 105 Å². The van der Waals surface area contributed by atoms with Gasteiger partial charge in [0.15, 0.2) is 0 Å². The predicted octanol–water partition coefficient (Wildman–Crippen LogP) is -0.750. The molecule has 0 fully saturated rings. The van der Waals surface area contributed by atoms with Gasteiger partial charge in [-0.15, -0.1) is 0 Å². The number of hydrogen-bond donors (Lipinski definition) is 14. The highest BCUT2D eigenvalue weighted by molar-refractivity contribution is 14.1. The minimum absolute atomic E-state index is 0.00160. The zero-order chi connectivity index (χ0) is 45.1. The highest BCUT2D eigenvalue weighted by Crippen LogP contribution is 2.37. The molecule has 0 radical (unpaired) electrons. The average Bonchev–Trinajstić information content (AvgIpc) is 3.19. The first-order valence-corrected chi connectivity index (χ1v) is 23.3. The van der Waals surface area contributed by atoms with Gasteiger partial charge in [-0.1, -0.05) is 0 Å². The average molecular weight is 1510 g/mol. The fourth-order valence-corrected chi connectivity index (χ4v) is 13.4. The molecule has 0 aliphatic heterocycles. The van der Waals surface area contributed by atoms with Gasteiger partial charge in [-0.3, -0.25) is 28.8 Å². The first-order chi connectivity index (χ1) is 27.5. The van der Waals surface area contributed by atoms with Gasteiger partial charge in [0, 0.05) is 33.3 Å². The lowest BCUT2D eigenvalue weighted by Gasteiger charge is -2.31. The van der Waals surface area contributed by atoms with Crippen LogP contribution in [0.5, 0.6) is 0 Å². The van der Waals surface area contributed by atoms with Gasteiger partial charge >= 0.3 is 0 Å². The number of anilines is 2. The van der Waals surface area contributed by atoms with E-state index in [1.165, 1.54) is 13.8 Å². The Hall–Kier alpha value is -0.680. The molecule has 0 heterocycles. The van der Waals surface area contributed by atoms with Gasteiger partial charge in [-0.2, -0.15) is 0 Å². The third-order valence-electron chi connectivity index (χ3n) is 8.13. The van der Waals surface area contributed by atoms with Gasteiger partial charge in [0.05, 0.1) is 92.0 Å². The summed E-state index contributed by atoms with van der Waals surface area (Å²) in [6, 6.07) is 0. The lowest BCUT2D eigenvalue weighted by Crippen LogP contribution is -2.50. The molecule has 0 bridgehead atoms. The number of benzene rings is 2. The highest BCUT2D eigenvalue weighted by atomic mass is 127. The third-order valence-corrected chi connectivity index (χ3v) is 14.6. The molecule has 2 aromatic rings. The van der Waals surface area contributed by atoms with E-state index in [2.05, 4.69) is 31.9 Å². The maximum absolute atomic E-state index is 13.9. The van der Waals surface area contributed by atoms with E-state index >= 15 is 0 Å². The van der Waals surface area contributed by atoms with E-state index in [0.29, 0.717) is 0 Å². The van der Waals surface area contributed by atoms with Crippen LogP contribution in [0.3, 0.4) is 0 Å². The molecule has 4 atom stereocenters. The molecule has 59 heavy (non-hydrogen) atoms. The van der Waals surface area contributed by atoms with E-state index in [4.69, 9.17) is 0 Å². The van der Waals surface area contributed by atoms with Gasteiger partial charge in [0.1, 0.15) is 12.2 Å². The SMILES string of the molecule is C[C@H](O)C(=O)Nc1c(I)c(C(=O)NCC(O)CO)c(I)c(C(=O)NCC(CO)(CO)CNC(=O)c2c(I)c(NC(=O)[C@H](C)O)c(I)c(C(=O)NCC(O)CO)c2I)c1I. The summed E-state index contributed by atoms with van der Waals surface area (Å²) in [5.74, 6) is -4.94. The van der Waals surface area contributed by atoms with Crippen LogP contribution in [-0.4, -0.2) is 153 Å². The summed E-state index contributed by atoms with van der Waals surface area (Å²) in [5.41, 5.74) is -2.06. The Morgan fingerprint density at radius 3 is 1.00 bits per heavy atom. The lowest BCUT2D eigenvalue weighted by atomic mass is 9.89. The second kappa shape index (κ2) is 25.0. The summed E-state index contributed by atoms with van der Waals surface area (Å²) < 4.78 is 0.843. The van der Waals surface area contributed by atoms with Crippen LogP contribution in [0.2, 0.25) is 0 Å². The number of aliphatic hydroxyl groups is 8. The van der Waals surface area contributed by atoms with Crippen molar-refractivity contribution in [1.29, 1.82) is 0 Å². The normalized spacial score (nSPS) is 13.4. The van der Waals surface area contributed by atoms with Crippen LogP contribution < -0.4 is 31.9 Å². The van der Waals surface area contributed by atoms with Crippen molar-refractivity contribution < 1.29 is 69.6 Å². The first-order valence-electron chi connectivity index (χ1n) is 16.8. The van der Waals surface area contributed by atoms with Gasteiger partial charge < -0.3 is 72.8 Å². The molecule has 0 aliphatic carbocycles. The second-order valence-corrected chi connectivity index (χ2v) is 19.2. The van der Waals surface area contributed by atoms with Crippen molar-refractivity contribution in [3.8, 4) is 0 Å². The number of amides is 6. The number of hydrogen-bond acceptors (Lipinski definition) is 14. The Balaban J connectivity index is 2.57. The fraction of sp³-hybridized carbons (Fsp3) is 0.455. The van der Waals surface area contributed by atoms with Crippen LogP contribution in [0.15, 0.2) is 0 Å². The second-order valence-electron chi connectivity index (χ2n) is 12.7. The molecule has 6 amide bonds. The summed E-state index contributed by atoms with van der Waals surface area (Å²) in [6.07, 6.45) is -5.54. The fourth-order valence-electron chi connectivity index (χ4n) is 4.58. The molecule has 2 rings (SSSR count). The number of carbonyl (C=O) groups excluding carboxylic acids is 6. The molecule has 0 saturated carbocycles. The predicted molar refractivity (Wildman–Crippen MR) is 262 cm³/mol. The Bertz CT molecular complexity index is 1800. The Labute approximate surface area is 418 Å². The smallest absolute Gasteiger partial charge is 0.253 e. The molecular weight excluding hydrogens is 1470 g/mol. The molecule has 20 nitrogen and oxygen atoms in total. The molecular formula is C33H40I6N6O14. The van der Waals surface area contributed by atoms with Crippen molar-refractivity contribution in [1.82, 2.24) is 21.3 Å². The van der Waals surface area contributed by atoms with Gasteiger partial charge in [-0.05, 0) is 149 Å². The summed E-state index contributed by atoms with van der Waals surface area (Å²) in [5, 5.41) is 93.8. The van der Waals surface area contributed by atoms with Crippen LogP contribution in [0.25, 0.3) is 0 Å². The van der Waals surface area contributed by atoms with Crippen LogP contribution in [0.1, 0.15) is 55.3 Å². The molecule has 2 aromatic carbocycles. The van der Waals surface area contributed by atoms with E-state index in [0.717, 1.165) is 0 Å². The molecule has 0 saturated heterocycles. The summed E-state index contributed by atoms with van der Waals surface area (Å²) in [7, 11) is 0. The highest BCUT2D eigenvalue weighted by Gasteiger charge is 2.35. The molecule has 2 unspecified atom stereocenters. The van der Waals surface area contributed by atoms with Gasteiger partial charge in [0.25, 0.3) is 35.4 Å². The first kappa shape index (κ1) is 54.5. The minimum atomic E-state index is -1.64. The zero-order valence-corrected chi connectivity index (χ0v) is 43.7. The largest absolute Gasteiger partial charge is 0.396 e. The van der Waals surface area contributed by atoms with Crippen LogP contribution >= 0.6 is 136 Å². The van der Waals surface area contributed by atoms with E-state index in [1.807, 2.05) is 0 Å². The van der Waals surface area contributed by atoms with Crippen molar-refractivity contribution in [3.63, 3.8) is 0 Å². The number of nitrogens with one attached hydrogen (secondary N) is 6. The van der Waals surface area contributed by atoms with E-state index in [-0.39, 0.29) is 68.1 Å². The molecule has 14 N–H and O–H groups in total. The molecule has 26 heteroatoms. The molecule has 0 aliphatic rings. The number of rotatable bonds is 20. The third kappa shape index (κ3) is 14.2. The monoisotopic (exact) mass is 1510 g/mol. The summed E-state index contributed by atoms with van der Waals surface area (Å²) in [4.78, 5) is 79.7. The Morgan fingerprint density at radius 2 is 0.763 bits per heavy atom. The summed E-state index contributed by atoms with van der Waals surface area (Å²) in [6.45, 7) is -2.13. The van der Waals surface area contributed by atoms with Crippen molar-refractivity contribution >= 4 is 182 Å². The van der Waals surface area contributed by atoms with Gasteiger partial charge in [0.2, 0.25) is 0 Å². The standard InChI is InChI=1S/C33H40I6N6O14/c1-11(50)27(54)44-25-21(36)15(29(56)40-3-13(52)5-46)19(34)17(23(25)38)31(58)42-7-33(9-48,10-49)8-43-32(59)18-20(35)16(30(57)41-4-14(53)6-47)22(37)26(24(18)39)45-28(55)12(2)51/h11-14,46-53H,3-10H2,1-2H3,(H,40,56)(H,41,57)(H,42,58)(H,43,59)(H,44,54)(H,45,55)/t11-,12-,13?,14?/m0/s1. The number of halogens is 6. The van der Waals surface area contributed by atoms with Crippen molar-refractivity contribution in [2.45, 2.75) is 38.3 Å². The topological polar surface area (TPSA) is 336 Å². The lowest BCUT2D eigenvalue weighted by molar-refractivity contribution is -0.123. The van der Waals surface area contributed by atoms with Crippen LogP contribution in [-0.2, 0) is 9.59 Å². The van der Waals surface area contributed by atoms with Crippen molar-refractivity contribution in [3.05, 3.63) is 43.7 Å². The minimum Gasteiger partial charge on any atom is -0.396 e. The van der Waals surface area contributed by atoms with Crippen molar-refractivity contribution in [2.24, 2.45) is 5.41 Å². The van der Waals surface area contributed by atoms with E-state index in [1.54, 1.807) is 136 Å². The maximum Gasteiger partial charge on any atom is 0.253 e. The quantitative estimate of drug-likeness (QED) is 0.0726. The number of aliphatic hydroxyl groups excluding tert-OH is 8. The van der Waals surface area contributed by atoms with E-state index in [9.17, 15) is 69.6 Å². The van der Waals surface area contributed by atoms with Crippen LogP contribution in [0.4, 0.5) is 11.4 Å². The Morgan fingerprint density at radius 1 is 0.492 bits per heavy atom. The van der Waals surface area contributed by atoms with Crippen LogP contribution in [0, 0.1) is 26.8 Å².